The molecule has 0 aliphatic heterocycles. The number of aromatic nitrogens is 3. The van der Waals surface area contributed by atoms with Crippen molar-refractivity contribution < 1.29 is 4.79 Å². The van der Waals surface area contributed by atoms with Crippen molar-refractivity contribution in [1.82, 2.24) is 19.9 Å². The lowest BCUT2D eigenvalue weighted by Gasteiger charge is -2.07. The standard InChI is InChI=1S/C18H21N7O2S/c1-28-14-9-12-10-25(18(27)24-15(12)23-14)13-5-3-11(4-6-13)16(26)21-7-2-8-22-17(19)20/h3-6,9-10H,2,7-8H2,1H3,(H,21,26)(H4,19,20,22)(H,23,24,27). The summed E-state index contributed by atoms with van der Waals surface area (Å²) in [6.07, 6.45) is 4.32. The summed E-state index contributed by atoms with van der Waals surface area (Å²) in [5.74, 6) is -0.165. The minimum absolute atomic E-state index is 0.0362. The smallest absolute Gasteiger partial charge is 0.354 e. The predicted molar refractivity (Wildman–Crippen MR) is 111 cm³/mol. The highest BCUT2D eigenvalue weighted by molar-refractivity contribution is 7.98. The highest BCUT2D eigenvalue weighted by Crippen LogP contribution is 2.19. The van der Waals surface area contributed by atoms with Gasteiger partial charge in [-0.2, -0.15) is 4.98 Å². The molecule has 146 valence electrons. The van der Waals surface area contributed by atoms with Crippen LogP contribution in [0.4, 0.5) is 0 Å². The van der Waals surface area contributed by atoms with E-state index in [1.54, 1.807) is 42.2 Å². The van der Waals surface area contributed by atoms with E-state index < -0.39 is 0 Å². The summed E-state index contributed by atoms with van der Waals surface area (Å²) in [4.78, 5) is 35.5. The van der Waals surface area contributed by atoms with E-state index in [2.05, 4.69) is 20.3 Å². The molecule has 0 atom stereocenters. The van der Waals surface area contributed by atoms with Gasteiger partial charge in [0, 0.05) is 30.2 Å². The monoisotopic (exact) mass is 399 g/mol. The number of thioether (sulfide) groups is 1. The van der Waals surface area contributed by atoms with Gasteiger partial charge >= 0.3 is 5.69 Å². The molecule has 0 aliphatic carbocycles. The zero-order valence-corrected chi connectivity index (χ0v) is 16.1. The second-order valence-corrected chi connectivity index (χ2v) is 6.85. The van der Waals surface area contributed by atoms with Crippen LogP contribution in [0.3, 0.4) is 0 Å². The van der Waals surface area contributed by atoms with Crippen LogP contribution in [0.5, 0.6) is 0 Å². The van der Waals surface area contributed by atoms with E-state index in [-0.39, 0.29) is 17.6 Å². The van der Waals surface area contributed by atoms with Crippen LogP contribution in [0.2, 0.25) is 0 Å². The quantitative estimate of drug-likeness (QED) is 0.200. The van der Waals surface area contributed by atoms with Crippen molar-refractivity contribution in [2.24, 2.45) is 16.5 Å². The van der Waals surface area contributed by atoms with E-state index in [0.717, 1.165) is 10.4 Å². The third-order valence-electron chi connectivity index (χ3n) is 4.03. The van der Waals surface area contributed by atoms with Gasteiger partial charge in [-0.25, -0.2) is 4.79 Å². The molecule has 1 aromatic carbocycles. The van der Waals surface area contributed by atoms with E-state index in [1.165, 1.54) is 4.57 Å². The first kappa shape index (κ1) is 19.5. The van der Waals surface area contributed by atoms with Gasteiger partial charge in [0.25, 0.3) is 5.91 Å². The topological polar surface area (TPSA) is 144 Å². The zero-order chi connectivity index (χ0) is 20.1. The molecule has 0 aliphatic rings. The number of amides is 1. The predicted octanol–water partition coefficient (Wildman–Crippen LogP) is 0.829. The third kappa shape index (κ3) is 4.52. The average molecular weight is 399 g/mol. The molecular formula is C18H21N7O2S. The Kier molecular flexibility index (Phi) is 5.99. The fourth-order valence-corrected chi connectivity index (χ4v) is 3.07. The summed E-state index contributed by atoms with van der Waals surface area (Å²) in [5.41, 5.74) is 11.8. The first-order valence-corrected chi connectivity index (χ1v) is 9.81. The van der Waals surface area contributed by atoms with Crippen LogP contribution in [0.15, 0.2) is 51.3 Å². The van der Waals surface area contributed by atoms with E-state index >= 15 is 0 Å². The highest BCUT2D eigenvalue weighted by atomic mass is 32.2. The number of carbonyl (C=O) groups excluding carboxylic acids is 1. The molecule has 0 fully saturated rings. The van der Waals surface area contributed by atoms with Gasteiger partial charge in [0.2, 0.25) is 0 Å². The SMILES string of the molecule is CSc1cc2cn(-c3ccc(C(=O)NCCCN=C(N)N)cc3)c(=O)nc2[nH]1. The highest BCUT2D eigenvalue weighted by Gasteiger charge is 2.09. The van der Waals surface area contributed by atoms with E-state index in [0.29, 0.717) is 36.4 Å². The molecule has 3 aromatic rings. The summed E-state index contributed by atoms with van der Waals surface area (Å²) in [5, 5.41) is 4.58. The van der Waals surface area contributed by atoms with Crippen molar-refractivity contribution in [1.29, 1.82) is 0 Å². The Morgan fingerprint density at radius 3 is 2.75 bits per heavy atom. The number of fused-ring (bicyclic) bond motifs is 1. The van der Waals surface area contributed by atoms with Crippen LogP contribution >= 0.6 is 11.8 Å². The second-order valence-electron chi connectivity index (χ2n) is 6.00. The van der Waals surface area contributed by atoms with Crippen LogP contribution in [0, 0.1) is 0 Å². The van der Waals surface area contributed by atoms with Gasteiger partial charge in [-0.05, 0) is 43.0 Å². The molecule has 10 heteroatoms. The molecule has 0 saturated heterocycles. The Balaban J connectivity index is 1.71. The van der Waals surface area contributed by atoms with Crippen molar-refractivity contribution in [2.45, 2.75) is 11.4 Å². The van der Waals surface area contributed by atoms with Crippen molar-refractivity contribution in [3.63, 3.8) is 0 Å². The Bertz CT molecular complexity index is 1070. The van der Waals surface area contributed by atoms with Crippen molar-refractivity contribution in [3.05, 3.63) is 52.6 Å². The van der Waals surface area contributed by atoms with Crippen molar-refractivity contribution >= 4 is 34.7 Å². The summed E-state index contributed by atoms with van der Waals surface area (Å²) in [6.45, 7) is 0.917. The number of nitrogens with one attached hydrogen (secondary N) is 2. The maximum Gasteiger partial charge on any atom is 0.354 e. The molecule has 2 aromatic heterocycles. The van der Waals surface area contributed by atoms with E-state index in [9.17, 15) is 9.59 Å². The lowest BCUT2D eigenvalue weighted by molar-refractivity contribution is 0.0953. The number of hydrogen-bond acceptors (Lipinski definition) is 5. The molecular weight excluding hydrogens is 378 g/mol. The van der Waals surface area contributed by atoms with Gasteiger partial charge in [0.05, 0.1) is 10.7 Å². The number of nitrogens with two attached hydrogens (primary N) is 2. The number of benzene rings is 1. The molecule has 3 rings (SSSR count). The Morgan fingerprint density at radius 2 is 2.07 bits per heavy atom. The Hall–Kier alpha value is -3.27. The normalized spacial score (nSPS) is 10.8. The maximum absolute atomic E-state index is 12.3. The van der Waals surface area contributed by atoms with E-state index in [4.69, 9.17) is 11.5 Å². The fraction of sp³-hybridized carbons (Fsp3) is 0.222. The maximum atomic E-state index is 12.3. The molecule has 0 radical (unpaired) electrons. The van der Waals surface area contributed by atoms with Crippen LogP contribution in [-0.4, -0.2) is 45.7 Å². The van der Waals surface area contributed by atoms with Crippen LogP contribution in [0.25, 0.3) is 16.7 Å². The fourth-order valence-electron chi connectivity index (χ4n) is 2.63. The molecule has 1 amide bonds. The Morgan fingerprint density at radius 1 is 1.32 bits per heavy atom. The summed E-state index contributed by atoms with van der Waals surface area (Å²) in [7, 11) is 0. The largest absolute Gasteiger partial charge is 0.370 e. The van der Waals surface area contributed by atoms with Gasteiger partial charge in [0.15, 0.2) is 5.96 Å². The van der Waals surface area contributed by atoms with Crippen molar-refractivity contribution in [2.75, 3.05) is 19.3 Å². The molecule has 0 unspecified atom stereocenters. The molecule has 6 N–H and O–H groups in total. The minimum Gasteiger partial charge on any atom is -0.370 e. The Labute approximate surface area is 165 Å². The molecule has 28 heavy (non-hydrogen) atoms. The van der Waals surface area contributed by atoms with Crippen LogP contribution in [0.1, 0.15) is 16.8 Å². The number of carbonyl (C=O) groups is 1. The molecule has 2 heterocycles. The number of H-pyrrole nitrogens is 1. The first-order chi connectivity index (χ1) is 13.5. The van der Waals surface area contributed by atoms with E-state index in [1.807, 2.05) is 12.3 Å². The average Bonchev–Trinajstić information content (AvgIpc) is 3.08. The van der Waals surface area contributed by atoms with Gasteiger partial charge in [-0.1, -0.05) is 0 Å². The van der Waals surface area contributed by atoms with Crippen molar-refractivity contribution in [3.8, 4) is 5.69 Å². The lowest BCUT2D eigenvalue weighted by atomic mass is 10.2. The molecule has 9 nitrogen and oxygen atoms in total. The van der Waals surface area contributed by atoms with Gasteiger partial charge in [-0.3, -0.25) is 14.4 Å². The zero-order valence-electron chi connectivity index (χ0n) is 15.3. The number of guanidine groups is 1. The number of aromatic amines is 1. The third-order valence-corrected chi connectivity index (χ3v) is 4.69. The second kappa shape index (κ2) is 8.61. The molecule has 0 spiro atoms. The lowest BCUT2D eigenvalue weighted by Crippen LogP contribution is -2.26. The molecule has 0 saturated carbocycles. The van der Waals surface area contributed by atoms with Crippen LogP contribution < -0.4 is 22.5 Å². The summed E-state index contributed by atoms with van der Waals surface area (Å²) < 4.78 is 1.46. The number of nitrogens with zero attached hydrogens (tertiary/aromatic N) is 3. The summed E-state index contributed by atoms with van der Waals surface area (Å²) >= 11 is 1.55. The van der Waals surface area contributed by atoms with Gasteiger partial charge in [0.1, 0.15) is 5.65 Å². The molecule has 0 bridgehead atoms. The summed E-state index contributed by atoms with van der Waals surface area (Å²) in [6, 6.07) is 8.70. The number of rotatable bonds is 7. The van der Waals surface area contributed by atoms with Crippen LogP contribution in [-0.2, 0) is 0 Å². The minimum atomic E-state index is -0.390. The number of hydrogen-bond donors (Lipinski definition) is 4. The first-order valence-electron chi connectivity index (χ1n) is 8.58. The van der Waals surface area contributed by atoms with Gasteiger partial charge < -0.3 is 21.8 Å². The number of aliphatic imine (C=N–C) groups is 1. The van der Waals surface area contributed by atoms with Gasteiger partial charge in [-0.15, -0.1) is 11.8 Å².